The molecule has 2 aliphatic rings. The number of aromatic carboxylic acids is 1. The third kappa shape index (κ3) is 7.21. The van der Waals surface area contributed by atoms with Gasteiger partial charge in [0.15, 0.2) is 5.82 Å². The molecule has 3 heterocycles. The van der Waals surface area contributed by atoms with Gasteiger partial charge < -0.3 is 25.4 Å². The fraction of sp³-hybridized carbons (Fsp3) is 0.294. The van der Waals surface area contributed by atoms with Gasteiger partial charge in [-0.3, -0.25) is 9.59 Å². The van der Waals surface area contributed by atoms with Gasteiger partial charge in [0.25, 0.3) is 5.91 Å². The lowest BCUT2D eigenvalue weighted by molar-refractivity contribution is -0.135. The molecule has 1 aromatic heterocycles. The molecule has 0 unspecified atom stereocenters. The van der Waals surface area contributed by atoms with Gasteiger partial charge in [0.2, 0.25) is 5.91 Å². The highest BCUT2D eigenvalue weighted by Gasteiger charge is 2.37. The standard InChI is InChI=1S/C34H33ClFN7O5/c35-27-9-10-28(43-20-38-40-41-43)26(31(27)36)8-11-30(44)42-18-14-24-25(2-1-3-29(24)48-19-15-21-12-16-37-17-13-21)32(42)33(45)39-23-6-4-22(5-7-23)34(46)47/h1-11,20-21,32,37H,12-19H2,(H,39,45)(H,46,47)/b11-8+/t32-/m0/s1. The quantitative estimate of drug-likeness (QED) is 0.204. The monoisotopic (exact) mass is 673 g/mol. The third-order valence-corrected chi connectivity index (χ3v) is 8.94. The molecule has 248 valence electrons. The first-order valence-corrected chi connectivity index (χ1v) is 16.0. The van der Waals surface area contributed by atoms with Gasteiger partial charge in [-0.1, -0.05) is 23.7 Å². The number of carboxylic acids is 1. The Morgan fingerprint density at radius 2 is 1.90 bits per heavy atom. The van der Waals surface area contributed by atoms with Crippen LogP contribution in [0.3, 0.4) is 0 Å². The number of amides is 2. The average Bonchev–Trinajstić information content (AvgIpc) is 3.64. The van der Waals surface area contributed by atoms with E-state index in [1.807, 2.05) is 6.07 Å². The number of nitrogens with one attached hydrogen (secondary N) is 2. The molecule has 1 saturated heterocycles. The number of carbonyl (C=O) groups excluding carboxylic acids is 2. The Morgan fingerprint density at radius 1 is 1.10 bits per heavy atom. The molecule has 0 radical (unpaired) electrons. The summed E-state index contributed by atoms with van der Waals surface area (Å²) >= 11 is 6.07. The average molecular weight is 674 g/mol. The Hall–Kier alpha value is -5.14. The molecule has 6 rings (SSSR count). The first-order chi connectivity index (χ1) is 23.3. The van der Waals surface area contributed by atoms with Gasteiger partial charge in [-0.25, -0.2) is 9.18 Å². The minimum atomic E-state index is -1.09. The molecule has 14 heteroatoms. The Kier molecular flexibility index (Phi) is 10.1. The summed E-state index contributed by atoms with van der Waals surface area (Å²) in [6.07, 6.45) is 7.32. The Balaban J connectivity index is 1.29. The minimum Gasteiger partial charge on any atom is -0.493 e. The molecule has 0 spiro atoms. The maximum Gasteiger partial charge on any atom is 0.335 e. The second kappa shape index (κ2) is 14.7. The van der Waals surface area contributed by atoms with E-state index in [0.717, 1.165) is 37.9 Å². The summed E-state index contributed by atoms with van der Waals surface area (Å²) in [5.74, 6) is -1.65. The van der Waals surface area contributed by atoms with E-state index in [9.17, 15) is 19.5 Å². The van der Waals surface area contributed by atoms with Crippen LogP contribution in [0.5, 0.6) is 5.75 Å². The van der Waals surface area contributed by atoms with Crippen molar-refractivity contribution in [3.63, 3.8) is 0 Å². The molecule has 1 atom stereocenters. The van der Waals surface area contributed by atoms with Crippen LogP contribution in [0.15, 0.2) is 67.0 Å². The smallest absolute Gasteiger partial charge is 0.335 e. The summed E-state index contributed by atoms with van der Waals surface area (Å²) in [5, 5.41) is 26.3. The number of hydrogen-bond donors (Lipinski definition) is 3. The number of tetrazole rings is 1. The number of hydrogen-bond acceptors (Lipinski definition) is 8. The summed E-state index contributed by atoms with van der Waals surface area (Å²) in [6, 6.07) is 13.0. The topological polar surface area (TPSA) is 152 Å². The van der Waals surface area contributed by atoms with E-state index in [1.54, 1.807) is 12.1 Å². The number of aromatic nitrogens is 4. The highest BCUT2D eigenvalue weighted by molar-refractivity contribution is 6.31. The van der Waals surface area contributed by atoms with E-state index < -0.39 is 29.6 Å². The number of carbonyl (C=O) groups is 3. The van der Waals surface area contributed by atoms with Crippen molar-refractivity contribution in [2.24, 2.45) is 5.92 Å². The number of carboxylic acid groups (broad SMARTS) is 1. The second-order valence-corrected chi connectivity index (χ2v) is 12.0. The van der Waals surface area contributed by atoms with E-state index in [-0.39, 0.29) is 28.4 Å². The number of anilines is 1. The number of piperidine rings is 1. The van der Waals surface area contributed by atoms with Crippen molar-refractivity contribution in [2.45, 2.75) is 31.7 Å². The molecule has 0 aliphatic carbocycles. The highest BCUT2D eigenvalue weighted by Crippen LogP contribution is 2.37. The fourth-order valence-corrected chi connectivity index (χ4v) is 6.30. The van der Waals surface area contributed by atoms with E-state index >= 15 is 4.39 Å². The molecular formula is C34H33ClFN7O5. The zero-order valence-corrected chi connectivity index (χ0v) is 26.6. The Labute approximate surface area is 280 Å². The maximum absolute atomic E-state index is 15.2. The predicted molar refractivity (Wildman–Crippen MR) is 175 cm³/mol. The summed E-state index contributed by atoms with van der Waals surface area (Å²) in [5.41, 5.74) is 2.12. The predicted octanol–water partition coefficient (Wildman–Crippen LogP) is 4.70. The molecule has 48 heavy (non-hydrogen) atoms. The van der Waals surface area contributed by atoms with Crippen LogP contribution < -0.4 is 15.4 Å². The van der Waals surface area contributed by atoms with Crippen LogP contribution in [0.25, 0.3) is 11.8 Å². The van der Waals surface area contributed by atoms with Gasteiger partial charge in [0, 0.05) is 29.4 Å². The van der Waals surface area contributed by atoms with E-state index in [1.165, 1.54) is 64.5 Å². The lowest BCUT2D eigenvalue weighted by Crippen LogP contribution is -2.44. The highest BCUT2D eigenvalue weighted by atomic mass is 35.5. The summed E-state index contributed by atoms with van der Waals surface area (Å²) in [6.45, 7) is 2.72. The lowest BCUT2D eigenvalue weighted by Gasteiger charge is -2.36. The maximum atomic E-state index is 15.2. The third-order valence-electron chi connectivity index (χ3n) is 8.65. The Bertz CT molecular complexity index is 1830. The van der Waals surface area contributed by atoms with E-state index in [4.69, 9.17) is 16.3 Å². The van der Waals surface area contributed by atoms with E-state index in [0.29, 0.717) is 35.9 Å². The first kappa shape index (κ1) is 32.8. The molecule has 2 aliphatic heterocycles. The number of benzene rings is 3. The van der Waals surface area contributed by atoms with Crippen LogP contribution >= 0.6 is 11.6 Å². The van der Waals surface area contributed by atoms with Gasteiger partial charge in [0.05, 0.1) is 22.9 Å². The van der Waals surface area contributed by atoms with Crippen molar-refractivity contribution >= 4 is 41.1 Å². The normalized spacial score (nSPS) is 16.5. The summed E-state index contributed by atoms with van der Waals surface area (Å²) in [7, 11) is 0. The summed E-state index contributed by atoms with van der Waals surface area (Å²) in [4.78, 5) is 40.6. The number of ether oxygens (including phenoxy) is 1. The van der Waals surface area contributed by atoms with Gasteiger partial charge in [0.1, 0.15) is 18.1 Å². The Morgan fingerprint density at radius 3 is 2.62 bits per heavy atom. The minimum absolute atomic E-state index is 0.00971. The number of fused-ring (bicyclic) bond motifs is 1. The van der Waals surface area contributed by atoms with E-state index in [2.05, 4.69) is 26.2 Å². The molecule has 2 amide bonds. The van der Waals surface area contributed by atoms with Crippen LogP contribution in [0.1, 0.15) is 52.4 Å². The van der Waals surface area contributed by atoms with Crippen molar-refractivity contribution in [1.29, 1.82) is 0 Å². The van der Waals surface area contributed by atoms with Crippen molar-refractivity contribution in [2.75, 3.05) is 31.6 Å². The van der Waals surface area contributed by atoms with Crippen LogP contribution in [0, 0.1) is 11.7 Å². The number of halogens is 2. The van der Waals surface area contributed by atoms with Gasteiger partial charge >= 0.3 is 5.97 Å². The fourth-order valence-electron chi connectivity index (χ4n) is 6.14. The largest absolute Gasteiger partial charge is 0.493 e. The first-order valence-electron chi connectivity index (χ1n) is 15.6. The molecule has 3 N–H and O–H groups in total. The van der Waals surface area contributed by atoms with Gasteiger partial charge in [-0.2, -0.15) is 4.68 Å². The number of nitrogens with zero attached hydrogens (tertiary/aromatic N) is 5. The molecule has 3 aromatic carbocycles. The zero-order chi connectivity index (χ0) is 33.6. The van der Waals surface area contributed by atoms with Crippen molar-refractivity contribution in [3.8, 4) is 11.4 Å². The van der Waals surface area contributed by atoms with Crippen molar-refractivity contribution < 1.29 is 28.6 Å². The van der Waals surface area contributed by atoms with Crippen LogP contribution in [0.2, 0.25) is 5.02 Å². The molecule has 1 fully saturated rings. The number of rotatable bonds is 10. The summed E-state index contributed by atoms with van der Waals surface area (Å²) < 4.78 is 22.7. The van der Waals surface area contributed by atoms with Crippen molar-refractivity contribution in [3.05, 3.63) is 100 Å². The molecule has 12 nitrogen and oxygen atoms in total. The zero-order valence-electron chi connectivity index (χ0n) is 25.8. The van der Waals surface area contributed by atoms with Crippen LogP contribution in [0.4, 0.5) is 10.1 Å². The SMILES string of the molecule is O=C(O)c1ccc(NC(=O)[C@@H]2c3cccc(OCCC4CCNCC4)c3CCN2C(=O)/C=C/c2c(-n3cnnn3)ccc(Cl)c2F)cc1. The van der Waals surface area contributed by atoms with Crippen LogP contribution in [-0.4, -0.2) is 74.2 Å². The lowest BCUT2D eigenvalue weighted by atomic mass is 9.90. The molecular weight excluding hydrogens is 641 g/mol. The molecule has 4 aromatic rings. The molecule has 0 saturated carbocycles. The van der Waals surface area contributed by atoms with Crippen molar-refractivity contribution in [1.82, 2.24) is 30.4 Å². The van der Waals surface area contributed by atoms with Gasteiger partial charge in [-0.05, 0) is 109 Å². The second-order valence-electron chi connectivity index (χ2n) is 11.6. The molecule has 0 bridgehead atoms. The van der Waals surface area contributed by atoms with Crippen LogP contribution in [-0.2, 0) is 16.0 Å². The van der Waals surface area contributed by atoms with Gasteiger partial charge in [-0.15, -0.1) is 5.10 Å².